The van der Waals surface area contributed by atoms with E-state index in [1.807, 2.05) is 31.5 Å². The first-order valence-corrected chi connectivity index (χ1v) is 7.70. The van der Waals surface area contributed by atoms with E-state index in [0.29, 0.717) is 18.7 Å². The van der Waals surface area contributed by atoms with Crippen LogP contribution in [-0.4, -0.2) is 29.0 Å². The minimum absolute atomic E-state index is 0.0355. The van der Waals surface area contributed by atoms with E-state index in [1.54, 1.807) is 6.07 Å². The predicted octanol–water partition coefficient (Wildman–Crippen LogP) is 2.31. The van der Waals surface area contributed by atoms with Crippen LogP contribution in [0, 0.1) is 0 Å². The van der Waals surface area contributed by atoms with E-state index < -0.39 is 0 Å². The van der Waals surface area contributed by atoms with Crippen LogP contribution in [0.3, 0.4) is 0 Å². The molecule has 1 aromatic rings. The van der Waals surface area contributed by atoms with Crippen molar-refractivity contribution in [1.82, 2.24) is 15.2 Å². The molecular weight excluding hydrogens is 322 g/mol. The van der Waals surface area contributed by atoms with Crippen LogP contribution < -0.4 is 10.6 Å². The molecule has 1 unspecified atom stereocenters. The smallest absolute Gasteiger partial charge is 0.267 e. The van der Waals surface area contributed by atoms with Gasteiger partial charge in [0.1, 0.15) is 5.69 Å². The van der Waals surface area contributed by atoms with Crippen molar-refractivity contribution in [1.29, 1.82) is 0 Å². The largest absolute Gasteiger partial charge is 0.354 e. The number of nitrogens with one attached hydrogen (secondary N) is 2. The second kappa shape index (κ2) is 8.09. The minimum atomic E-state index is -0.158. The topological polar surface area (TPSA) is 63.1 Å². The molecule has 112 valence electrons. The molecule has 1 heterocycles. The van der Waals surface area contributed by atoms with Crippen molar-refractivity contribution < 1.29 is 9.59 Å². The Bertz CT molecular complexity index is 471. The Labute approximate surface area is 128 Å². The van der Waals surface area contributed by atoms with E-state index in [2.05, 4.69) is 26.6 Å². The zero-order valence-corrected chi connectivity index (χ0v) is 13.8. The summed E-state index contributed by atoms with van der Waals surface area (Å²) >= 11 is 3.35. The van der Waals surface area contributed by atoms with Gasteiger partial charge in [0.25, 0.3) is 5.91 Å². The second-order valence-corrected chi connectivity index (χ2v) is 5.63. The summed E-state index contributed by atoms with van der Waals surface area (Å²) in [5, 5.41) is 5.63. The quantitative estimate of drug-likeness (QED) is 0.797. The molecule has 0 aliphatic heterocycles. The molecule has 1 atom stereocenters. The molecular formula is C14H22BrN3O2. The average Bonchev–Trinajstić information content (AvgIpc) is 2.79. The third-order valence-corrected chi connectivity index (χ3v) is 3.53. The van der Waals surface area contributed by atoms with Crippen molar-refractivity contribution in [3.8, 4) is 0 Å². The van der Waals surface area contributed by atoms with Gasteiger partial charge in [0.05, 0.1) is 0 Å². The van der Waals surface area contributed by atoms with Crippen LogP contribution in [0.4, 0.5) is 0 Å². The maximum atomic E-state index is 12.0. The number of aromatic nitrogens is 1. The lowest BCUT2D eigenvalue weighted by Gasteiger charge is -2.11. The molecule has 1 rings (SSSR count). The van der Waals surface area contributed by atoms with E-state index in [4.69, 9.17) is 0 Å². The van der Waals surface area contributed by atoms with Gasteiger partial charge in [-0.05, 0) is 42.3 Å². The molecule has 0 bridgehead atoms. The van der Waals surface area contributed by atoms with E-state index in [9.17, 15) is 9.59 Å². The third-order valence-electron chi connectivity index (χ3n) is 3.09. The Morgan fingerprint density at radius 2 is 2.10 bits per heavy atom. The first-order chi connectivity index (χ1) is 9.47. The molecule has 5 nitrogen and oxygen atoms in total. The van der Waals surface area contributed by atoms with E-state index in [-0.39, 0.29) is 17.9 Å². The van der Waals surface area contributed by atoms with Gasteiger partial charge in [-0.3, -0.25) is 9.59 Å². The molecule has 6 heteroatoms. The number of rotatable bonds is 7. The highest BCUT2D eigenvalue weighted by Crippen LogP contribution is 2.14. The summed E-state index contributed by atoms with van der Waals surface area (Å²) in [5.74, 6) is -0.194. The molecule has 0 radical (unpaired) electrons. The van der Waals surface area contributed by atoms with Crippen LogP contribution >= 0.6 is 15.9 Å². The maximum absolute atomic E-state index is 12.0. The highest BCUT2D eigenvalue weighted by atomic mass is 79.9. The van der Waals surface area contributed by atoms with Gasteiger partial charge < -0.3 is 15.2 Å². The summed E-state index contributed by atoms with van der Waals surface area (Å²) in [7, 11) is 0. The Hall–Kier alpha value is -1.30. The summed E-state index contributed by atoms with van der Waals surface area (Å²) in [4.78, 5) is 23.6. The lowest BCUT2D eigenvalue weighted by Crippen LogP contribution is -2.35. The van der Waals surface area contributed by atoms with Crippen molar-refractivity contribution >= 4 is 27.7 Å². The summed E-state index contributed by atoms with van der Waals surface area (Å²) in [6, 6.07) is 1.95. The number of carbonyl (C=O) groups is 2. The lowest BCUT2D eigenvalue weighted by molar-refractivity contribution is -0.121. The SMILES string of the molecule is CCC(C)NC(=O)CCNC(=O)c1cc(Br)cn1CC. The molecule has 0 aliphatic rings. The fourth-order valence-corrected chi connectivity index (χ4v) is 2.22. The summed E-state index contributed by atoms with van der Waals surface area (Å²) in [6.07, 6.45) is 3.06. The van der Waals surface area contributed by atoms with Crippen LogP contribution in [0.15, 0.2) is 16.7 Å². The van der Waals surface area contributed by atoms with Crippen molar-refractivity contribution in [2.24, 2.45) is 0 Å². The summed E-state index contributed by atoms with van der Waals surface area (Å²) in [5.41, 5.74) is 0.599. The van der Waals surface area contributed by atoms with Gasteiger partial charge in [-0.25, -0.2) is 0 Å². The molecule has 0 saturated carbocycles. The van der Waals surface area contributed by atoms with Crippen LogP contribution in [0.25, 0.3) is 0 Å². The van der Waals surface area contributed by atoms with Crippen molar-refractivity contribution in [2.75, 3.05) is 6.54 Å². The fraction of sp³-hybridized carbons (Fsp3) is 0.571. The van der Waals surface area contributed by atoms with Crippen LogP contribution in [0.1, 0.15) is 44.1 Å². The molecule has 2 N–H and O–H groups in total. The predicted molar refractivity (Wildman–Crippen MR) is 82.7 cm³/mol. The van der Waals surface area contributed by atoms with Gasteiger partial charge in [0.15, 0.2) is 0 Å². The van der Waals surface area contributed by atoms with E-state index in [1.165, 1.54) is 0 Å². The standard InChI is InChI=1S/C14H22BrN3O2/c1-4-10(3)17-13(19)6-7-16-14(20)12-8-11(15)9-18(12)5-2/h8-10H,4-7H2,1-3H3,(H,16,20)(H,17,19). The number of aryl methyl sites for hydroxylation is 1. The number of carbonyl (C=O) groups excluding carboxylic acids is 2. The first-order valence-electron chi connectivity index (χ1n) is 6.91. The van der Waals surface area contributed by atoms with Crippen LogP contribution in [0.2, 0.25) is 0 Å². The molecule has 20 heavy (non-hydrogen) atoms. The minimum Gasteiger partial charge on any atom is -0.354 e. The average molecular weight is 344 g/mol. The zero-order valence-electron chi connectivity index (χ0n) is 12.2. The number of hydrogen-bond donors (Lipinski definition) is 2. The molecule has 0 aromatic carbocycles. The molecule has 0 aliphatic carbocycles. The van der Waals surface area contributed by atoms with Gasteiger partial charge in [0, 0.05) is 36.2 Å². The van der Waals surface area contributed by atoms with Gasteiger partial charge in [-0.1, -0.05) is 6.92 Å². The van der Waals surface area contributed by atoms with Gasteiger partial charge in [-0.2, -0.15) is 0 Å². The van der Waals surface area contributed by atoms with Gasteiger partial charge >= 0.3 is 0 Å². The van der Waals surface area contributed by atoms with Gasteiger partial charge in [-0.15, -0.1) is 0 Å². The molecule has 2 amide bonds. The second-order valence-electron chi connectivity index (χ2n) is 4.71. The fourth-order valence-electron chi connectivity index (χ4n) is 1.76. The van der Waals surface area contributed by atoms with Crippen molar-refractivity contribution in [3.63, 3.8) is 0 Å². The molecule has 0 spiro atoms. The zero-order chi connectivity index (χ0) is 15.1. The Morgan fingerprint density at radius 1 is 1.40 bits per heavy atom. The molecule has 0 fully saturated rings. The Morgan fingerprint density at radius 3 is 2.70 bits per heavy atom. The van der Waals surface area contributed by atoms with Gasteiger partial charge in [0.2, 0.25) is 5.91 Å². The number of hydrogen-bond acceptors (Lipinski definition) is 2. The maximum Gasteiger partial charge on any atom is 0.267 e. The summed E-state index contributed by atoms with van der Waals surface area (Å²) in [6.45, 7) is 7.02. The Kier molecular flexibility index (Phi) is 6.78. The highest BCUT2D eigenvalue weighted by molar-refractivity contribution is 9.10. The number of nitrogens with zero attached hydrogens (tertiary/aromatic N) is 1. The number of halogens is 1. The van der Waals surface area contributed by atoms with Crippen LogP contribution in [-0.2, 0) is 11.3 Å². The van der Waals surface area contributed by atoms with Crippen molar-refractivity contribution in [2.45, 2.75) is 46.2 Å². The van der Waals surface area contributed by atoms with Crippen LogP contribution in [0.5, 0.6) is 0 Å². The number of amides is 2. The third kappa shape index (κ3) is 5.00. The highest BCUT2D eigenvalue weighted by Gasteiger charge is 2.12. The lowest BCUT2D eigenvalue weighted by atomic mass is 10.2. The summed E-state index contributed by atoms with van der Waals surface area (Å²) < 4.78 is 2.73. The first kappa shape index (κ1) is 16.8. The monoisotopic (exact) mass is 343 g/mol. The van der Waals surface area contributed by atoms with E-state index >= 15 is 0 Å². The van der Waals surface area contributed by atoms with E-state index in [0.717, 1.165) is 17.4 Å². The molecule has 1 aromatic heterocycles. The Balaban J connectivity index is 2.42. The van der Waals surface area contributed by atoms with Crippen molar-refractivity contribution in [3.05, 3.63) is 22.4 Å². The normalized spacial score (nSPS) is 12.0. The molecule has 0 saturated heterocycles.